The van der Waals surface area contributed by atoms with Crippen LogP contribution in [-0.4, -0.2) is 49.1 Å². The Bertz CT molecular complexity index is 1140. The number of ether oxygens (including phenoxy) is 2. The van der Waals surface area contributed by atoms with E-state index in [1.165, 1.54) is 11.8 Å². The number of benzene rings is 2. The number of carbonyl (C=O) groups is 1. The van der Waals surface area contributed by atoms with Crippen LogP contribution in [0.4, 0.5) is 5.69 Å². The first-order valence-electron chi connectivity index (χ1n) is 9.61. The first-order valence-corrected chi connectivity index (χ1v) is 12.3. The number of amides is 1. The normalized spacial score (nSPS) is 25.0. The molecule has 156 valence electrons. The van der Waals surface area contributed by atoms with Crippen LogP contribution in [0.2, 0.25) is 0 Å². The lowest BCUT2D eigenvalue weighted by Gasteiger charge is -2.24. The van der Waals surface area contributed by atoms with Crippen LogP contribution in [0.3, 0.4) is 0 Å². The minimum absolute atomic E-state index is 0.0459. The van der Waals surface area contributed by atoms with Gasteiger partial charge < -0.3 is 14.4 Å². The second-order valence-corrected chi connectivity index (χ2v) is 11.0. The van der Waals surface area contributed by atoms with Crippen molar-refractivity contribution in [3.63, 3.8) is 0 Å². The zero-order chi connectivity index (χ0) is 20.9. The van der Waals surface area contributed by atoms with Crippen LogP contribution in [0.25, 0.3) is 0 Å². The Kier molecular flexibility index (Phi) is 4.74. The van der Waals surface area contributed by atoms with Gasteiger partial charge in [0.15, 0.2) is 26.5 Å². The Hall–Kier alpha value is -2.52. The SMILES string of the molecule is Cc1ccc(CC(=O)N=C2S[C@H]3CS(=O)(=O)C[C@@H]3N2c2ccc3c(c2)OCO3)cc1. The zero-order valence-electron chi connectivity index (χ0n) is 16.3. The predicted octanol–water partition coefficient (Wildman–Crippen LogP) is 2.57. The van der Waals surface area contributed by atoms with Crippen molar-refractivity contribution in [2.75, 3.05) is 23.2 Å². The van der Waals surface area contributed by atoms with Crippen molar-refractivity contribution in [2.45, 2.75) is 24.6 Å². The number of aliphatic imine (C=N–C) groups is 1. The molecule has 0 aromatic heterocycles. The van der Waals surface area contributed by atoms with Crippen molar-refractivity contribution in [3.8, 4) is 11.5 Å². The molecule has 0 bridgehead atoms. The van der Waals surface area contributed by atoms with Gasteiger partial charge in [0.1, 0.15) is 0 Å². The van der Waals surface area contributed by atoms with E-state index < -0.39 is 9.84 Å². The average Bonchev–Trinajstić information content (AvgIpc) is 3.34. The Balaban J connectivity index is 1.46. The van der Waals surface area contributed by atoms with Crippen molar-refractivity contribution in [2.24, 2.45) is 4.99 Å². The van der Waals surface area contributed by atoms with E-state index in [4.69, 9.17) is 9.47 Å². The summed E-state index contributed by atoms with van der Waals surface area (Å²) in [6.45, 7) is 2.15. The number of sulfone groups is 1. The van der Waals surface area contributed by atoms with Crippen LogP contribution in [-0.2, 0) is 21.1 Å². The minimum Gasteiger partial charge on any atom is -0.454 e. The second kappa shape index (κ2) is 7.31. The standard InChI is InChI=1S/C21H20N2O5S2/c1-13-2-4-14(5-3-13)8-20(24)22-21-23(16-10-30(25,26)11-19(16)29-21)15-6-7-17-18(9-15)28-12-27-17/h2-7,9,16,19H,8,10-12H2,1H3/t16-,19-/m0/s1. The number of anilines is 1. The third-order valence-corrected chi connectivity index (χ3v) is 8.61. The van der Waals surface area contributed by atoms with E-state index in [1.807, 2.05) is 48.2 Å². The van der Waals surface area contributed by atoms with Crippen LogP contribution in [0.5, 0.6) is 11.5 Å². The summed E-state index contributed by atoms with van der Waals surface area (Å²) in [6, 6.07) is 13.0. The van der Waals surface area contributed by atoms with E-state index in [2.05, 4.69) is 4.99 Å². The van der Waals surface area contributed by atoms with Gasteiger partial charge in [-0.25, -0.2) is 8.42 Å². The molecular formula is C21H20N2O5S2. The van der Waals surface area contributed by atoms with Crippen LogP contribution in [0, 0.1) is 6.92 Å². The van der Waals surface area contributed by atoms with Gasteiger partial charge in [-0.1, -0.05) is 41.6 Å². The van der Waals surface area contributed by atoms with Gasteiger partial charge in [0, 0.05) is 17.0 Å². The molecule has 7 nitrogen and oxygen atoms in total. The Morgan fingerprint density at radius 1 is 1.13 bits per heavy atom. The Morgan fingerprint density at radius 2 is 1.90 bits per heavy atom. The topological polar surface area (TPSA) is 85.3 Å². The molecule has 3 heterocycles. The molecule has 2 fully saturated rings. The molecule has 2 aromatic rings. The molecule has 5 rings (SSSR count). The van der Waals surface area contributed by atoms with Gasteiger partial charge in [-0.05, 0) is 24.6 Å². The molecule has 9 heteroatoms. The van der Waals surface area contributed by atoms with Crippen molar-refractivity contribution < 1.29 is 22.7 Å². The molecule has 0 spiro atoms. The molecule has 0 saturated carbocycles. The van der Waals surface area contributed by atoms with Gasteiger partial charge in [0.25, 0.3) is 5.91 Å². The number of carbonyl (C=O) groups excluding carboxylic acids is 1. The lowest BCUT2D eigenvalue weighted by Crippen LogP contribution is -2.37. The number of nitrogens with zero attached hydrogens (tertiary/aromatic N) is 2. The lowest BCUT2D eigenvalue weighted by atomic mass is 10.1. The molecule has 2 atom stereocenters. The van der Waals surface area contributed by atoms with Crippen LogP contribution in [0.1, 0.15) is 11.1 Å². The van der Waals surface area contributed by atoms with E-state index in [1.54, 1.807) is 6.07 Å². The maximum absolute atomic E-state index is 12.7. The highest BCUT2D eigenvalue weighted by atomic mass is 32.2. The summed E-state index contributed by atoms with van der Waals surface area (Å²) < 4.78 is 35.3. The quantitative estimate of drug-likeness (QED) is 0.719. The molecule has 1 amide bonds. The number of hydrogen-bond donors (Lipinski definition) is 0. The highest BCUT2D eigenvalue weighted by molar-refractivity contribution is 8.16. The minimum atomic E-state index is -3.12. The van der Waals surface area contributed by atoms with Gasteiger partial charge in [0.2, 0.25) is 6.79 Å². The fraction of sp³-hybridized carbons (Fsp3) is 0.333. The largest absolute Gasteiger partial charge is 0.454 e. The summed E-state index contributed by atoms with van der Waals surface area (Å²) in [6.07, 6.45) is 0.201. The van der Waals surface area contributed by atoms with Gasteiger partial charge in [0.05, 0.1) is 24.0 Å². The molecule has 0 radical (unpaired) electrons. The van der Waals surface area contributed by atoms with Gasteiger partial charge in [-0.3, -0.25) is 4.79 Å². The van der Waals surface area contributed by atoms with Crippen molar-refractivity contribution in [1.29, 1.82) is 0 Å². The third kappa shape index (κ3) is 3.67. The van der Waals surface area contributed by atoms with Crippen LogP contribution in [0.15, 0.2) is 47.5 Å². The van der Waals surface area contributed by atoms with E-state index in [9.17, 15) is 13.2 Å². The van der Waals surface area contributed by atoms with Gasteiger partial charge in [-0.2, -0.15) is 4.99 Å². The monoisotopic (exact) mass is 444 g/mol. The lowest BCUT2D eigenvalue weighted by molar-refractivity contribution is -0.117. The van der Waals surface area contributed by atoms with Gasteiger partial charge in [-0.15, -0.1) is 0 Å². The number of rotatable bonds is 3. The predicted molar refractivity (Wildman–Crippen MR) is 116 cm³/mol. The van der Waals surface area contributed by atoms with Crippen molar-refractivity contribution in [3.05, 3.63) is 53.6 Å². The second-order valence-electron chi connectivity index (χ2n) is 7.66. The van der Waals surface area contributed by atoms with E-state index >= 15 is 0 Å². The molecule has 2 aromatic carbocycles. The Morgan fingerprint density at radius 3 is 2.70 bits per heavy atom. The molecular weight excluding hydrogens is 424 g/mol. The highest BCUT2D eigenvalue weighted by Gasteiger charge is 2.49. The number of aryl methyl sites for hydroxylation is 1. The fourth-order valence-corrected chi connectivity index (χ4v) is 7.86. The van der Waals surface area contributed by atoms with Crippen LogP contribution >= 0.6 is 11.8 Å². The molecule has 0 unspecified atom stereocenters. The van der Waals surface area contributed by atoms with Gasteiger partial charge >= 0.3 is 0 Å². The first kappa shape index (κ1) is 19.4. The number of fused-ring (bicyclic) bond motifs is 2. The first-order chi connectivity index (χ1) is 14.4. The highest BCUT2D eigenvalue weighted by Crippen LogP contribution is 2.43. The van der Waals surface area contributed by atoms with E-state index in [-0.39, 0.29) is 41.9 Å². The third-order valence-electron chi connectivity index (χ3n) is 5.40. The molecule has 2 saturated heterocycles. The summed E-state index contributed by atoms with van der Waals surface area (Å²) in [7, 11) is -3.12. The number of amidine groups is 1. The van der Waals surface area contributed by atoms with Crippen molar-refractivity contribution in [1.82, 2.24) is 0 Å². The van der Waals surface area contributed by atoms with E-state index in [0.29, 0.717) is 16.7 Å². The molecule has 0 N–H and O–H groups in total. The number of thioether (sulfide) groups is 1. The molecule has 3 aliphatic heterocycles. The molecule has 30 heavy (non-hydrogen) atoms. The summed E-state index contributed by atoms with van der Waals surface area (Å²) in [5, 5.41) is 0.391. The summed E-state index contributed by atoms with van der Waals surface area (Å²) in [5.41, 5.74) is 2.78. The zero-order valence-corrected chi connectivity index (χ0v) is 17.9. The maximum Gasteiger partial charge on any atom is 0.252 e. The summed E-state index contributed by atoms with van der Waals surface area (Å²) in [4.78, 5) is 18.9. The molecule has 3 aliphatic rings. The smallest absolute Gasteiger partial charge is 0.252 e. The summed E-state index contributed by atoms with van der Waals surface area (Å²) in [5.74, 6) is 1.14. The van der Waals surface area contributed by atoms with Crippen LogP contribution < -0.4 is 14.4 Å². The fourth-order valence-electron chi connectivity index (χ4n) is 3.93. The maximum atomic E-state index is 12.7. The summed E-state index contributed by atoms with van der Waals surface area (Å²) >= 11 is 1.36. The Labute approximate surface area is 179 Å². The number of hydrogen-bond acceptors (Lipinski definition) is 6. The molecule has 0 aliphatic carbocycles. The van der Waals surface area contributed by atoms with Crippen molar-refractivity contribution >= 4 is 38.4 Å². The average molecular weight is 445 g/mol. The van der Waals surface area contributed by atoms with E-state index in [0.717, 1.165) is 16.8 Å².